The number of hydrogen-bond acceptors (Lipinski definition) is 0. The van der Waals surface area contributed by atoms with Gasteiger partial charge in [0.05, 0.1) is 0 Å². The first-order valence-electron chi connectivity index (χ1n) is 7.01. The highest BCUT2D eigenvalue weighted by Gasteiger charge is 2.23. The average molecular weight is 338 g/mol. The van der Waals surface area contributed by atoms with E-state index in [4.69, 9.17) is 0 Å². The van der Waals surface area contributed by atoms with Gasteiger partial charge >= 0.3 is 0 Å². The summed E-state index contributed by atoms with van der Waals surface area (Å²) in [5, 5.41) is 0. The Hall–Kier alpha value is 0.730. The molecule has 3 atom stereocenters. The number of halogens is 1. The highest BCUT2D eigenvalue weighted by Crippen LogP contribution is 2.34. The molecule has 0 rings (SSSR count). The molecule has 0 N–H and O–H groups in total. The normalized spacial score (nSPS) is 18.2. The third-order valence-electron chi connectivity index (χ3n) is 4.25. The first-order valence-corrected chi connectivity index (χ1v) is 8.09. The summed E-state index contributed by atoms with van der Waals surface area (Å²) in [4.78, 5) is 0. The van der Waals surface area contributed by atoms with Crippen LogP contribution in [0.5, 0.6) is 0 Å². The van der Waals surface area contributed by atoms with Crippen LogP contribution in [0.4, 0.5) is 0 Å². The molecule has 98 valence electrons. The predicted molar refractivity (Wildman–Crippen MR) is 84.4 cm³/mol. The Morgan fingerprint density at radius 1 is 1.00 bits per heavy atom. The van der Waals surface area contributed by atoms with Crippen LogP contribution in [0.2, 0.25) is 0 Å². The Morgan fingerprint density at radius 3 is 1.94 bits per heavy atom. The zero-order valence-corrected chi connectivity index (χ0v) is 14.3. The minimum atomic E-state index is 0.448. The second-order valence-electron chi connectivity index (χ2n) is 5.98. The molecule has 3 unspecified atom stereocenters. The minimum absolute atomic E-state index is 0.448. The molecule has 0 fully saturated rings. The lowest BCUT2D eigenvalue weighted by Crippen LogP contribution is -2.22. The van der Waals surface area contributed by atoms with E-state index in [1.165, 1.54) is 32.1 Å². The Balaban J connectivity index is 4.11. The SMILES string of the molecule is CCCC(CCC(C)C(C)(C)I)C(C)CC. The molecule has 0 amide bonds. The van der Waals surface area contributed by atoms with Gasteiger partial charge in [0.15, 0.2) is 0 Å². The van der Waals surface area contributed by atoms with E-state index < -0.39 is 0 Å². The Morgan fingerprint density at radius 2 is 1.56 bits per heavy atom. The second-order valence-corrected chi connectivity index (χ2v) is 8.76. The van der Waals surface area contributed by atoms with E-state index in [2.05, 4.69) is 64.1 Å². The zero-order chi connectivity index (χ0) is 12.8. The van der Waals surface area contributed by atoms with Crippen molar-refractivity contribution in [2.45, 2.75) is 77.1 Å². The lowest BCUT2D eigenvalue weighted by molar-refractivity contribution is 0.274. The molecule has 0 aliphatic rings. The third kappa shape index (κ3) is 6.46. The summed E-state index contributed by atoms with van der Waals surface area (Å²) in [5.41, 5.74) is 0. The number of alkyl halides is 1. The summed E-state index contributed by atoms with van der Waals surface area (Å²) in [5.74, 6) is 2.69. The summed E-state index contributed by atoms with van der Waals surface area (Å²) >= 11 is 2.60. The van der Waals surface area contributed by atoms with Crippen LogP contribution < -0.4 is 0 Å². The van der Waals surface area contributed by atoms with E-state index in [1.54, 1.807) is 0 Å². The first-order chi connectivity index (χ1) is 7.32. The molecular weight excluding hydrogens is 307 g/mol. The van der Waals surface area contributed by atoms with Crippen LogP contribution in [0.15, 0.2) is 0 Å². The van der Waals surface area contributed by atoms with Crippen molar-refractivity contribution in [3.63, 3.8) is 0 Å². The fourth-order valence-electron chi connectivity index (χ4n) is 2.22. The highest BCUT2D eigenvalue weighted by molar-refractivity contribution is 14.1. The molecule has 16 heavy (non-hydrogen) atoms. The molecule has 0 aromatic carbocycles. The fourth-order valence-corrected chi connectivity index (χ4v) is 2.54. The summed E-state index contributed by atoms with van der Waals surface area (Å²) in [6.45, 7) is 14.2. The van der Waals surface area contributed by atoms with Crippen molar-refractivity contribution in [3.05, 3.63) is 0 Å². The molecule has 0 spiro atoms. The van der Waals surface area contributed by atoms with Gasteiger partial charge in [-0.1, -0.05) is 83.4 Å². The smallest absolute Gasteiger partial charge is 0.0191 e. The Labute approximate surface area is 117 Å². The quantitative estimate of drug-likeness (QED) is 0.372. The molecule has 0 saturated heterocycles. The van der Waals surface area contributed by atoms with Crippen molar-refractivity contribution in [3.8, 4) is 0 Å². The second kappa shape index (κ2) is 7.94. The van der Waals surface area contributed by atoms with E-state index in [-0.39, 0.29) is 0 Å². The lowest BCUT2D eigenvalue weighted by atomic mass is 9.81. The van der Waals surface area contributed by atoms with Crippen molar-refractivity contribution >= 4 is 22.6 Å². The molecule has 1 heteroatoms. The Bertz CT molecular complexity index is 169. The van der Waals surface area contributed by atoms with Gasteiger partial charge in [0.1, 0.15) is 0 Å². The molecule has 0 heterocycles. The molecule has 0 aliphatic carbocycles. The summed E-state index contributed by atoms with van der Waals surface area (Å²) in [7, 11) is 0. The fraction of sp³-hybridized carbons (Fsp3) is 1.00. The minimum Gasteiger partial charge on any atom is -0.0792 e. The molecule has 0 radical (unpaired) electrons. The third-order valence-corrected chi connectivity index (χ3v) is 5.31. The van der Waals surface area contributed by atoms with Crippen LogP contribution in [0, 0.1) is 17.8 Å². The van der Waals surface area contributed by atoms with Gasteiger partial charge in [0.25, 0.3) is 0 Å². The maximum atomic E-state index is 2.60. The average Bonchev–Trinajstić information content (AvgIpc) is 2.21. The molecule has 0 aromatic heterocycles. The van der Waals surface area contributed by atoms with Crippen LogP contribution in [0.25, 0.3) is 0 Å². The van der Waals surface area contributed by atoms with Gasteiger partial charge in [-0.25, -0.2) is 0 Å². The van der Waals surface area contributed by atoms with Gasteiger partial charge in [-0.2, -0.15) is 0 Å². The van der Waals surface area contributed by atoms with E-state index in [1.807, 2.05) is 0 Å². The van der Waals surface area contributed by atoms with Crippen LogP contribution in [0.1, 0.15) is 73.6 Å². The van der Waals surface area contributed by atoms with E-state index in [0.29, 0.717) is 3.42 Å². The molecule has 0 nitrogen and oxygen atoms in total. The lowest BCUT2D eigenvalue weighted by Gasteiger charge is -2.29. The summed E-state index contributed by atoms with van der Waals surface area (Å²) in [6.07, 6.45) is 6.93. The maximum absolute atomic E-state index is 2.60. The summed E-state index contributed by atoms with van der Waals surface area (Å²) in [6, 6.07) is 0. The van der Waals surface area contributed by atoms with Gasteiger partial charge in [-0.3, -0.25) is 0 Å². The monoisotopic (exact) mass is 338 g/mol. The van der Waals surface area contributed by atoms with Gasteiger partial charge in [-0.15, -0.1) is 0 Å². The van der Waals surface area contributed by atoms with Crippen molar-refractivity contribution in [1.29, 1.82) is 0 Å². The maximum Gasteiger partial charge on any atom is 0.0191 e. The first kappa shape index (κ1) is 16.7. The molecular formula is C15H31I. The van der Waals surface area contributed by atoms with E-state index >= 15 is 0 Å². The van der Waals surface area contributed by atoms with Gasteiger partial charge in [0.2, 0.25) is 0 Å². The van der Waals surface area contributed by atoms with Gasteiger partial charge in [-0.05, 0) is 30.6 Å². The largest absolute Gasteiger partial charge is 0.0792 e. The highest BCUT2D eigenvalue weighted by atomic mass is 127. The van der Waals surface area contributed by atoms with Crippen molar-refractivity contribution < 1.29 is 0 Å². The van der Waals surface area contributed by atoms with Crippen LogP contribution in [-0.4, -0.2) is 3.42 Å². The molecule has 0 bridgehead atoms. The van der Waals surface area contributed by atoms with Crippen LogP contribution >= 0.6 is 22.6 Å². The van der Waals surface area contributed by atoms with E-state index in [9.17, 15) is 0 Å². The van der Waals surface area contributed by atoms with E-state index in [0.717, 1.165) is 17.8 Å². The topological polar surface area (TPSA) is 0 Å². The Kier molecular flexibility index (Phi) is 8.30. The molecule has 0 aromatic rings. The van der Waals surface area contributed by atoms with Crippen molar-refractivity contribution in [2.75, 3.05) is 0 Å². The zero-order valence-electron chi connectivity index (χ0n) is 12.1. The van der Waals surface area contributed by atoms with Crippen molar-refractivity contribution in [2.24, 2.45) is 17.8 Å². The van der Waals surface area contributed by atoms with Gasteiger partial charge < -0.3 is 0 Å². The van der Waals surface area contributed by atoms with Crippen LogP contribution in [0.3, 0.4) is 0 Å². The van der Waals surface area contributed by atoms with Crippen LogP contribution in [-0.2, 0) is 0 Å². The van der Waals surface area contributed by atoms with Crippen molar-refractivity contribution in [1.82, 2.24) is 0 Å². The standard InChI is InChI=1S/C15H31I/c1-7-9-14(12(3)8-2)11-10-13(4)15(5,6)16/h12-14H,7-11H2,1-6H3. The predicted octanol–water partition coefficient (Wildman–Crippen LogP) is 6.08. The number of rotatable bonds is 8. The molecule has 0 aliphatic heterocycles. The molecule has 0 saturated carbocycles. The van der Waals surface area contributed by atoms with Gasteiger partial charge in [0, 0.05) is 3.42 Å². The number of hydrogen-bond donors (Lipinski definition) is 0. The summed E-state index contributed by atoms with van der Waals surface area (Å²) < 4.78 is 0.448.